The molecule has 0 unspecified atom stereocenters. The van der Waals surface area contributed by atoms with E-state index in [9.17, 15) is 8.42 Å². The summed E-state index contributed by atoms with van der Waals surface area (Å²) >= 11 is 0. The summed E-state index contributed by atoms with van der Waals surface area (Å²) in [6.45, 7) is 6.21. The van der Waals surface area contributed by atoms with Gasteiger partial charge in [0.1, 0.15) is 0 Å². The van der Waals surface area contributed by atoms with Gasteiger partial charge in [-0.25, -0.2) is 8.42 Å². The van der Waals surface area contributed by atoms with E-state index in [1.54, 1.807) is 13.0 Å². The van der Waals surface area contributed by atoms with Crippen LogP contribution in [0.25, 0.3) is 0 Å². The molecule has 22 heavy (non-hydrogen) atoms. The Balaban J connectivity index is 2.49. The van der Waals surface area contributed by atoms with Crippen LogP contribution >= 0.6 is 0 Å². The third-order valence-electron chi connectivity index (χ3n) is 3.82. The van der Waals surface area contributed by atoms with Crippen molar-refractivity contribution in [1.82, 2.24) is 4.31 Å². The van der Waals surface area contributed by atoms with Crippen LogP contribution in [0, 0.1) is 6.92 Å². The Kier molecular flexibility index (Phi) is 4.99. The maximum atomic E-state index is 13.0. The Hall–Kier alpha value is -1.31. The van der Waals surface area contributed by atoms with Gasteiger partial charge in [0.2, 0.25) is 10.0 Å². The Morgan fingerprint density at radius 2 is 1.77 bits per heavy atom. The Morgan fingerprint density at radius 3 is 2.36 bits per heavy atom. The van der Waals surface area contributed by atoms with E-state index in [0.717, 1.165) is 0 Å². The van der Waals surface area contributed by atoms with Gasteiger partial charge in [-0.1, -0.05) is 0 Å². The predicted molar refractivity (Wildman–Crippen MR) is 83.1 cm³/mol. The molecule has 1 aromatic carbocycles. The highest BCUT2D eigenvalue weighted by Gasteiger charge is 2.35. The van der Waals surface area contributed by atoms with Gasteiger partial charge >= 0.3 is 0 Å². The van der Waals surface area contributed by atoms with Crippen molar-refractivity contribution in [2.75, 3.05) is 27.4 Å². The minimum Gasteiger partial charge on any atom is -0.493 e. The molecule has 0 amide bonds. The molecule has 7 heteroatoms. The van der Waals surface area contributed by atoms with Crippen molar-refractivity contribution in [3.63, 3.8) is 0 Å². The summed E-state index contributed by atoms with van der Waals surface area (Å²) in [7, 11) is -0.601. The SMILES string of the molecule is COc1cc(C)c(S(=O)(=O)N2C[C@@H](C)OC[C@H]2C)cc1OC. The van der Waals surface area contributed by atoms with E-state index in [1.165, 1.54) is 24.6 Å². The fourth-order valence-corrected chi connectivity index (χ4v) is 4.49. The first-order chi connectivity index (χ1) is 10.3. The van der Waals surface area contributed by atoms with Crippen LogP contribution in [-0.2, 0) is 14.8 Å². The molecule has 2 rings (SSSR count). The van der Waals surface area contributed by atoms with Crippen LogP contribution in [0.1, 0.15) is 19.4 Å². The van der Waals surface area contributed by atoms with Crippen LogP contribution in [0.4, 0.5) is 0 Å². The molecule has 2 atom stereocenters. The molecule has 0 N–H and O–H groups in total. The standard InChI is InChI=1S/C15H23NO5S/c1-10-6-13(19-4)14(20-5)7-15(10)22(17,18)16-8-12(3)21-9-11(16)2/h6-7,11-12H,8-9H2,1-5H3/t11-,12-/m1/s1. The fourth-order valence-electron chi connectivity index (χ4n) is 2.57. The van der Waals surface area contributed by atoms with Gasteiger partial charge in [-0.15, -0.1) is 0 Å². The van der Waals surface area contributed by atoms with Crippen molar-refractivity contribution >= 4 is 10.0 Å². The third-order valence-corrected chi connectivity index (χ3v) is 5.94. The number of ether oxygens (including phenoxy) is 3. The second-order valence-electron chi connectivity index (χ2n) is 5.54. The molecule has 124 valence electrons. The normalized spacial score (nSPS) is 23.3. The molecule has 1 aliphatic heterocycles. The van der Waals surface area contributed by atoms with Crippen molar-refractivity contribution < 1.29 is 22.6 Å². The first kappa shape index (κ1) is 17.1. The minimum absolute atomic E-state index is 0.119. The highest BCUT2D eigenvalue weighted by atomic mass is 32.2. The number of methoxy groups -OCH3 is 2. The third kappa shape index (κ3) is 3.06. The summed E-state index contributed by atoms with van der Waals surface area (Å²) in [6, 6.07) is 3.00. The summed E-state index contributed by atoms with van der Waals surface area (Å²) < 4.78 is 43.5. The maximum Gasteiger partial charge on any atom is 0.243 e. The van der Waals surface area contributed by atoms with Gasteiger partial charge in [-0.3, -0.25) is 0 Å². The molecule has 1 heterocycles. The van der Waals surface area contributed by atoms with Crippen molar-refractivity contribution in [3.05, 3.63) is 17.7 Å². The lowest BCUT2D eigenvalue weighted by atomic mass is 10.2. The monoisotopic (exact) mass is 329 g/mol. The Labute approximate surface area is 132 Å². The zero-order valence-electron chi connectivity index (χ0n) is 13.6. The van der Waals surface area contributed by atoms with E-state index in [-0.39, 0.29) is 17.0 Å². The predicted octanol–water partition coefficient (Wildman–Crippen LogP) is 1.81. The summed E-state index contributed by atoms with van der Waals surface area (Å²) in [4.78, 5) is 0.242. The zero-order valence-corrected chi connectivity index (χ0v) is 14.4. The van der Waals surface area contributed by atoms with E-state index in [2.05, 4.69) is 0 Å². The number of benzene rings is 1. The largest absolute Gasteiger partial charge is 0.493 e. The van der Waals surface area contributed by atoms with E-state index in [1.807, 2.05) is 13.8 Å². The van der Waals surface area contributed by atoms with Crippen LogP contribution in [0.5, 0.6) is 11.5 Å². The molecule has 1 aromatic rings. The smallest absolute Gasteiger partial charge is 0.243 e. The molecule has 0 aliphatic carbocycles. The van der Waals surface area contributed by atoms with Crippen LogP contribution in [-0.4, -0.2) is 52.2 Å². The van der Waals surface area contributed by atoms with Crippen molar-refractivity contribution in [2.24, 2.45) is 0 Å². The van der Waals surface area contributed by atoms with E-state index in [0.29, 0.717) is 30.2 Å². The lowest BCUT2D eigenvalue weighted by molar-refractivity contribution is -0.0170. The molecule has 1 aliphatic rings. The molecule has 6 nitrogen and oxygen atoms in total. The van der Waals surface area contributed by atoms with Gasteiger partial charge in [0.25, 0.3) is 0 Å². The van der Waals surface area contributed by atoms with Gasteiger partial charge in [-0.2, -0.15) is 4.31 Å². The molecule has 1 fully saturated rings. The summed E-state index contributed by atoms with van der Waals surface area (Å²) in [5, 5.41) is 0. The van der Waals surface area contributed by atoms with Crippen LogP contribution in [0.15, 0.2) is 17.0 Å². The van der Waals surface area contributed by atoms with E-state index >= 15 is 0 Å². The molecule has 0 bridgehead atoms. The summed E-state index contributed by atoms with van der Waals surface area (Å²) in [6.07, 6.45) is -0.119. The van der Waals surface area contributed by atoms with Crippen molar-refractivity contribution in [2.45, 2.75) is 37.8 Å². The molecule has 1 saturated heterocycles. The van der Waals surface area contributed by atoms with Gasteiger partial charge in [-0.05, 0) is 32.4 Å². The molecular formula is C15H23NO5S. The molecule has 0 radical (unpaired) electrons. The number of rotatable bonds is 4. The van der Waals surface area contributed by atoms with Gasteiger partial charge in [0, 0.05) is 18.7 Å². The lowest BCUT2D eigenvalue weighted by Gasteiger charge is -2.36. The maximum absolute atomic E-state index is 13.0. The second-order valence-corrected chi connectivity index (χ2v) is 7.40. The van der Waals surface area contributed by atoms with Gasteiger partial charge in [0.15, 0.2) is 11.5 Å². The fraction of sp³-hybridized carbons (Fsp3) is 0.600. The second kappa shape index (κ2) is 6.44. The molecule has 0 aromatic heterocycles. The topological polar surface area (TPSA) is 65.1 Å². The van der Waals surface area contributed by atoms with Crippen LogP contribution in [0.2, 0.25) is 0 Å². The Morgan fingerprint density at radius 1 is 1.18 bits per heavy atom. The molecule has 0 saturated carbocycles. The number of hydrogen-bond donors (Lipinski definition) is 0. The number of aryl methyl sites for hydroxylation is 1. The first-order valence-corrected chi connectivity index (χ1v) is 8.61. The van der Waals surface area contributed by atoms with E-state index in [4.69, 9.17) is 14.2 Å². The number of hydrogen-bond acceptors (Lipinski definition) is 5. The highest BCUT2D eigenvalue weighted by Crippen LogP contribution is 2.34. The summed E-state index contributed by atoms with van der Waals surface area (Å²) in [5.41, 5.74) is 0.629. The molecule has 0 spiro atoms. The average Bonchev–Trinajstić information content (AvgIpc) is 2.48. The van der Waals surface area contributed by atoms with Crippen LogP contribution < -0.4 is 9.47 Å². The van der Waals surface area contributed by atoms with Gasteiger partial charge < -0.3 is 14.2 Å². The zero-order chi connectivity index (χ0) is 16.5. The lowest BCUT2D eigenvalue weighted by Crippen LogP contribution is -2.50. The average molecular weight is 329 g/mol. The van der Waals surface area contributed by atoms with E-state index < -0.39 is 10.0 Å². The van der Waals surface area contributed by atoms with Crippen molar-refractivity contribution in [3.8, 4) is 11.5 Å². The van der Waals surface area contributed by atoms with Crippen LogP contribution in [0.3, 0.4) is 0 Å². The first-order valence-electron chi connectivity index (χ1n) is 7.17. The summed E-state index contributed by atoms with van der Waals surface area (Å²) in [5.74, 6) is 0.919. The quantitative estimate of drug-likeness (QED) is 0.843. The van der Waals surface area contributed by atoms with Gasteiger partial charge in [0.05, 0.1) is 31.8 Å². The number of nitrogens with zero attached hydrogens (tertiary/aromatic N) is 1. The Bertz CT molecular complexity index is 644. The number of sulfonamides is 1. The molecular weight excluding hydrogens is 306 g/mol. The minimum atomic E-state index is -3.61. The highest BCUT2D eigenvalue weighted by molar-refractivity contribution is 7.89. The number of morpholine rings is 1. The van der Waals surface area contributed by atoms with Crippen molar-refractivity contribution in [1.29, 1.82) is 0 Å².